The van der Waals surface area contributed by atoms with Gasteiger partial charge in [0.15, 0.2) is 0 Å². The Labute approximate surface area is 126 Å². The number of rotatable bonds is 3. The minimum absolute atomic E-state index is 0.135. The summed E-state index contributed by atoms with van der Waals surface area (Å²) >= 11 is 0. The van der Waals surface area contributed by atoms with Crippen molar-refractivity contribution < 1.29 is 9.53 Å². The molecule has 1 aliphatic carbocycles. The van der Waals surface area contributed by atoms with Gasteiger partial charge in [0.1, 0.15) is 0 Å². The number of carbonyl (C=O) groups is 1. The number of morpholine rings is 1. The van der Waals surface area contributed by atoms with E-state index in [2.05, 4.69) is 10.2 Å². The van der Waals surface area contributed by atoms with E-state index in [1.54, 1.807) is 0 Å². The summed E-state index contributed by atoms with van der Waals surface area (Å²) in [6, 6.07) is 0. The third kappa shape index (κ3) is 2.71. The highest BCUT2D eigenvalue weighted by Gasteiger charge is 2.35. The van der Waals surface area contributed by atoms with Crippen molar-refractivity contribution in [3.8, 4) is 0 Å². The van der Waals surface area contributed by atoms with Crippen molar-refractivity contribution in [1.82, 2.24) is 15.1 Å². The number of amides is 1. The van der Waals surface area contributed by atoms with E-state index in [-0.39, 0.29) is 17.9 Å². The lowest BCUT2D eigenvalue weighted by atomic mass is 9.80. The Morgan fingerprint density at radius 3 is 2.76 bits per heavy atom. The van der Waals surface area contributed by atoms with Gasteiger partial charge in [-0.2, -0.15) is 5.10 Å². The summed E-state index contributed by atoms with van der Waals surface area (Å²) in [4.78, 5) is 14.8. The first-order chi connectivity index (χ1) is 10.1. The normalized spacial score (nSPS) is 24.7. The Morgan fingerprint density at radius 1 is 1.43 bits per heavy atom. The van der Waals surface area contributed by atoms with E-state index in [1.165, 1.54) is 19.3 Å². The quantitative estimate of drug-likeness (QED) is 0.928. The van der Waals surface area contributed by atoms with E-state index in [0.29, 0.717) is 19.1 Å². The molecule has 2 atom stereocenters. The first-order valence-corrected chi connectivity index (χ1v) is 7.99. The monoisotopic (exact) mass is 291 g/mol. The van der Waals surface area contributed by atoms with Crippen LogP contribution in [0.25, 0.3) is 0 Å². The van der Waals surface area contributed by atoms with Crippen molar-refractivity contribution in [3.63, 3.8) is 0 Å². The number of H-pyrrole nitrogens is 1. The van der Waals surface area contributed by atoms with Gasteiger partial charge in [0.05, 0.1) is 24.3 Å². The summed E-state index contributed by atoms with van der Waals surface area (Å²) in [5.74, 6) is 0.729. The highest BCUT2D eigenvalue weighted by atomic mass is 16.5. The van der Waals surface area contributed by atoms with Crippen molar-refractivity contribution in [1.29, 1.82) is 0 Å². The van der Waals surface area contributed by atoms with Crippen LogP contribution in [0.15, 0.2) is 0 Å². The maximum atomic E-state index is 12.8. The predicted molar refractivity (Wildman–Crippen MR) is 80.1 cm³/mol. The average molecular weight is 291 g/mol. The van der Waals surface area contributed by atoms with Crippen molar-refractivity contribution in [2.75, 3.05) is 19.7 Å². The van der Waals surface area contributed by atoms with Gasteiger partial charge in [0, 0.05) is 24.3 Å². The second kappa shape index (κ2) is 5.79. The highest BCUT2D eigenvalue weighted by Crippen LogP contribution is 2.33. The Bertz CT molecular complexity index is 502. The molecule has 1 aromatic heterocycles. The van der Waals surface area contributed by atoms with Gasteiger partial charge in [0.25, 0.3) is 0 Å². The minimum Gasteiger partial charge on any atom is -0.374 e. The van der Waals surface area contributed by atoms with Gasteiger partial charge in [-0.15, -0.1) is 0 Å². The van der Waals surface area contributed by atoms with Crippen LogP contribution in [0.2, 0.25) is 0 Å². The lowest BCUT2D eigenvalue weighted by molar-refractivity contribution is -0.144. The molecule has 0 spiro atoms. The molecule has 1 saturated heterocycles. The number of carbonyl (C=O) groups excluding carboxylic acids is 1. The standard InChI is InChI=1S/C16H25N3O2/c1-10(15-11(2)17-18-12(15)3)16(20)19-7-8-21-14(9-19)13-5-4-6-13/h10,13-14H,4-9H2,1-3H3,(H,17,18). The van der Waals surface area contributed by atoms with E-state index in [9.17, 15) is 4.79 Å². The van der Waals surface area contributed by atoms with Gasteiger partial charge in [-0.25, -0.2) is 0 Å². The van der Waals surface area contributed by atoms with Crippen LogP contribution in [0.5, 0.6) is 0 Å². The van der Waals surface area contributed by atoms with Crippen molar-refractivity contribution in [2.45, 2.75) is 52.1 Å². The van der Waals surface area contributed by atoms with Gasteiger partial charge in [-0.3, -0.25) is 9.89 Å². The molecule has 2 aliphatic rings. The molecule has 21 heavy (non-hydrogen) atoms. The summed E-state index contributed by atoms with van der Waals surface area (Å²) in [5.41, 5.74) is 2.97. The Hall–Kier alpha value is -1.36. The van der Waals surface area contributed by atoms with Crippen LogP contribution in [0, 0.1) is 19.8 Å². The third-order valence-electron chi connectivity index (χ3n) is 5.07. The van der Waals surface area contributed by atoms with Gasteiger partial charge >= 0.3 is 0 Å². The molecule has 116 valence electrons. The molecule has 0 radical (unpaired) electrons. The van der Waals surface area contributed by atoms with Crippen LogP contribution >= 0.6 is 0 Å². The minimum atomic E-state index is -0.135. The molecule has 2 unspecified atom stereocenters. The molecule has 3 rings (SSSR count). The number of aryl methyl sites for hydroxylation is 2. The van der Waals surface area contributed by atoms with Crippen LogP contribution in [0.1, 0.15) is 49.1 Å². The molecule has 2 heterocycles. The predicted octanol–water partition coefficient (Wildman–Crippen LogP) is 2.16. The van der Waals surface area contributed by atoms with E-state index in [1.807, 2.05) is 25.7 Å². The zero-order chi connectivity index (χ0) is 15.0. The molecule has 1 saturated carbocycles. The summed E-state index contributed by atoms with van der Waals surface area (Å²) in [6.07, 6.45) is 4.06. The van der Waals surface area contributed by atoms with Gasteiger partial charge in [-0.05, 0) is 39.5 Å². The van der Waals surface area contributed by atoms with Gasteiger partial charge in [0.2, 0.25) is 5.91 Å². The van der Waals surface area contributed by atoms with Crippen LogP contribution in [-0.4, -0.2) is 46.8 Å². The lowest BCUT2D eigenvalue weighted by Gasteiger charge is -2.41. The topological polar surface area (TPSA) is 58.2 Å². The van der Waals surface area contributed by atoms with Crippen LogP contribution in [-0.2, 0) is 9.53 Å². The molecular formula is C16H25N3O2. The van der Waals surface area contributed by atoms with Crippen molar-refractivity contribution in [2.24, 2.45) is 5.92 Å². The molecule has 0 aromatic carbocycles. The largest absolute Gasteiger partial charge is 0.374 e. The van der Waals surface area contributed by atoms with Crippen LogP contribution < -0.4 is 0 Å². The Balaban J connectivity index is 1.69. The molecule has 1 aliphatic heterocycles. The molecule has 2 fully saturated rings. The van der Waals surface area contributed by atoms with E-state index in [4.69, 9.17) is 4.74 Å². The van der Waals surface area contributed by atoms with Crippen molar-refractivity contribution in [3.05, 3.63) is 17.0 Å². The first-order valence-electron chi connectivity index (χ1n) is 7.99. The third-order valence-corrected chi connectivity index (χ3v) is 5.07. The first kappa shape index (κ1) is 14.6. The molecule has 5 nitrogen and oxygen atoms in total. The second-order valence-electron chi connectivity index (χ2n) is 6.45. The fourth-order valence-corrected chi connectivity index (χ4v) is 3.57. The summed E-state index contributed by atoms with van der Waals surface area (Å²) in [5, 5.41) is 7.19. The number of aromatic nitrogens is 2. The highest BCUT2D eigenvalue weighted by molar-refractivity contribution is 5.84. The summed E-state index contributed by atoms with van der Waals surface area (Å²) < 4.78 is 5.87. The zero-order valence-electron chi connectivity index (χ0n) is 13.2. The fraction of sp³-hybridized carbons (Fsp3) is 0.750. The van der Waals surface area contributed by atoms with Crippen LogP contribution in [0.4, 0.5) is 0 Å². The second-order valence-corrected chi connectivity index (χ2v) is 6.45. The lowest BCUT2D eigenvalue weighted by Crippen LogP contribution is -2.50. The molecule has 1 amide bonds. The number of ether oxygens (including phenoxy) is 1. The van der Waals surface area contributed by atoms with E-state index < -0.39 is 0 Å². The van der Waals surface area contributed by atoms with E-state index >= 15 is 0 Å². The molecular weight excluding hydrogens is 266 g/mol. The zero-order valence-corrected chi connectivity index (χ0v) is 13.2. The number of hydrogen-bond donors (Lipinski definition) is 1. The van der Waals surface area contributed by atoms with Crippen LogP contribution in [0.3, 0.4) is 0 Å². The molecule has 5 heteroatoms. The SMILES string of the molecule is Cc1n[nH]c(C)c1C(C)C(=O)N1CCOC(C2CCC2)C1. The molecule has 1 N–H and O–H groups in total. The maximum absolute atomic E-state index is 12.8. The fourth-order valence-electron chi connectivity index (χ4n) is 3.57. The van der Waals surface area contributed by atoms with Crippen molar-refractivity contribution >= 4 is 5.91 Å². The number of nitrogens with zero attached hydrogens (tertiary/aromatic N) is 2. The van der Waals surface area contributed by atoms with Gasteiger partial charge in [-0.1, -0.05) is 6.42 Å². The molecule has 1 aromatic rings. The van der Waals surface area contributed by atoms with Gasteiger partial charge < -0.3 is 9.64 Å². The Morgan fingerprint density at radius 2 is 2.19 bits per heavy atom. The maximum Gasteiger partial charge on any atom is 0.230 e. The smallest absolute Gasteiger partial charge is 0.230 e. The average Bonchev–Trinajstić information content (AvgIpc) is 2.75. The van der Waals surface area contributed by atoms with E-state index in [0.717, 1.165) is 23.5 Å². The number of hydrogen-bond acceptors (Lipinski definition) is 3. The number of aromatic amines is 1. The number of nitrogens with one attached hydrogen (secondary N) is 1. The Kier molecular flexibility index (Phi) is 4.02. The molecule has 0 bridgehead atoms. The summed E-state index contributed by atoms with van der Waals surface area (Å²) in [6.45, 7) is 8.06. The summed E-state index contributed by atoms with van der Waals surface area (Å²) in [7, 11) is 0.